The third-order valence-corrected chi connectivity index (χ3v) is 12.8. The average Bonchev–Trinajstić information content (AvgIpc) is 3.99. The van der Waals surface area contributed by atoms with Crippen molar-refractivity contribution >= 4 is 43.6 Å². The van der Waals surface area contributed by atoms with Crippen LogP contribution in [0.3, 0.4) is 0 Å². The number of pyridine rings is 1. The molecule has 6 heterocycles. The summed E-state index contributed by atoms with van der Waals surface area (Å²) in [4.78, 5) is 0. The van der Waals surface area contributed by atoms with Crippen LogP contribution in [0.25, 0.3) is 43.6 Å². The fraction of sp³-hybridized carbons (Fsp3) is 0.196. The molecule has 0 saturated heterocycles. The van der Waals surface area contributed by atoms with E-state index < -0.39 is 0 Å². The molecule has 0 bridgehead atoms. The standard InChI is InChI=1S/C51H48N7/c1-37-28-53(50-25-9-5-21-45(37)50)34-43-19-12-20-44(52(43)2)35-54-29-38(46-22-6-10-26-51(46)54)18-13-27-55-30-41-14-3-7-23-48(41)57(55)32-39-16-11-17-40-33-58-49-24-8-4-15-42(49)31-56(58)36-47(39)40/h3-12,14-17,19-26,28-31H,13,18,27,32-36H2,1-2H3/q+3. The summed E-state index contributed by atoms with van der Waals surface area (Å²) in [5.74, 6) is 0. The zero-order chi connectivity index (χ0) is 38.7. The van der Waals surface area contributed by atoms with E-state index in [4.69, 9.17) is 0 Å². The Bertz CT molecular complexity index is 3170. The third kappa shape index (κ3) is 5.92. The van der Waals surface area contributed by atoms with Crippen molar-refractivity contribution in [2.24, 2.45) is 7.05 Å². The number of fused-ring (bicyclic) bond motifs is 7. The van der Waals surface area contributed by atoms with Crippen molar-refractivity contribution in [3.63, 3.8) is 0 Å². The molecule has 11 rings (SSSR count). The van der Waals surface area contributed by atoms with E-state index in [2.05, 4.69) is 205 Å². The summed E-state index contributed by atoms with van der Waals surface area (Å²) in [5.41, 5.74) is 14.7. The Morgan fingerprint density at radius 3 is 2.00 bits per heavy atom. The molecule has 1 aliphatic rings. The summed E-state index contributed by atoms with van der Waals surface area (Å²) in [5, 5.41) is 5.26. The molecule has 0 radical (unpaired) electrons. The van der Waals surface area contributed by atoms with Crippen LogP contribution in [0.1, 0.15) is 45.6 Å². The molecule has 0 unspecified atom stereocenters. The number of rotatable bonds is 10. The van der Waals surface area contributed by atoms with Gasteiger partial charge in [-0.05, 0) is 78.1 Å². The number of aromatic nitrogens is 7. The van der Waals surface area contributed by atoms with Crippen molar-refractivity contribution in [1.29, 1.82) is 0 Å². The van der Waals surface area contributed by atoms with E-state index in [1.807, 2.05) is 0 Å². The van der Waals surface area contributed by atoms with Gasteiger partial charge in [-0.1, -0.05) is 78.9 Å². The van der Waals surface area contributed by atoms with Crippen LogP contribution in [0.4, 0.5) is 0 Å². The van der Waals surface area contributed by atoms with E-state index in [-0.39, 0.29) is 0 Å². The van der Waals surface area contributed by atoms with E-state index >= 15 is 0 Å². The Kier molecular flexibility index (Phi) is 8.35. The van der Waals surface area contributed by atoms with Gasteiger partial charge in [-0.2, -0.15) is 4.57 Å². The van der Waals surface area contributed by atoms with Crippen molar-refractivity contribution < 1.29 is 13.9 Å². The van der Waals surface area contributed by atoms with Crippen molar-refractivity contribution in [3.8, 4) is 0 Å². The topological polar surface area (TPSA) is 31.4 Å². The largest absolute Gasteiger partial charge is 0.337 e. The minimum Gasteiger partial charge on any atom is -0.337 e. The maximum absolute atomic E-state index is 2.51. The Balaban J connectivity index is 0.847. The summed E-state index contributed by atoms with van der Waals surface area (Å²) in [6.45, 7) is 7.42. The van der Waals surface area contributed by atoms with Crippen LogP contribution in [0.15, 0.2) is 158 Å². The average molecular weight is 759 g/mol. The molecule has 7 nitrogen and oxygen atoms in total. The molecule has 5 aromatic carbocycles. The monoisotopic (exact) mass is 758 g/mol. The molecule has 0 spiro atoms. The molecule has 58 heavy (non-hydrogen) atoms. The van der Waals surface area contributed by atoms with Crippen LogP contribution in [-0.4, -0.2) is 18.5 Å². The highest BCUT2D eigenvalue weighted by molar-refractivity contribution is 5.85. The maximum Gasteiger partial charge on any atom is 0.203 e. The summed E-state index contributed by atoms with van der Waals surface area (Å²) in [6.07, 6.45) is 11.4. The lowest BCUT2D eigenvalue weighted by Crippen LogP contribution is -2.47. The second kappa shape index (κ2) is 14.0. The molecule has 5 aromatic heterocycles. The lowest BCUT2D eigenvalue weighted by Gasteiger charge is -2.18. The number of nitrogens with zero attached hydrogens (tertiary/aromatic N) is 7. The van der Waals surface area contributed by atoms with E-state index in [9.17, 15) is 0 Å². The Morgan fingerprint density at radius 2 is 1.21 bits per heavy atom. The lowest BCUT2D eigenvalue weighted by molar-refractivity contribution is -0.773. The van der Waals surface area contributed by atoms with Crippen LogP contribution in [-0.2, 0) is 52.7 Å². The number of benzene rings is 5. The summed E-state index contributed by atoms with van der Waals surface area (Å²) in [6, 6.07) is 48.9. The molecule has 284 valence electrons. The molecule has 0 atom stereocenters. The van der Waals surface area contributed by atoms with E-state index in [1.54, 1.807) is 0 Å². The predicted molar refractivity (Wildman–Crippen MR) is 231 cm³/mol. The highest BCUT2D eigenvalue weighted by atomic mass is 15.4. The fourth-order valence-electron chi connectivity index (χ4n) is 9.73. The molecule has 0 N–H and O–H groups in total. The first kappa shape index (κ1) is 34.5. The molecular formula is C51H48N7+3. The summed E-state index contributed by atoms with van der Waals surface area (Å²) < 4.78 is 17.0. The fourth-order valence-corrected chi connectivity index (χ4v) is 9.73. The third-order valence-electron chi connectivity index (χ3n) is 12.8. The van der Waals surface area contributed by atoms with Gasteiger partial charge >= 0.3 is 0 Å². The number of para-hydroxylation sites is 4. The van der Waals surface area contributed by atoms with Gasteiger partial charge in [0, 0.05) is 58.3 Å². The molecule has 0 amide bonds. The van der Waals surface area contributed by atoms with Gasteiger partial charge in [-0.15, -0.1) is 18.7 Å². The molecule has 7 heteroatoms. The van der Waals surface area contributed by atoms with Crippen LogP contribution in [0.5, 0.6) is 0 Å². The number of hydrogen-bond donors (Lipinski definition) is 0. The van der Waals surface area contributed by atoms with Gasteiger partial charge in [0.05, 0.1) is 10.8 Å². The molecule has 0 aliphatic carbocycles. The Hall–Kier alpha value is -6.73. The minimum absolute atomic E-state index is 0.819. The van der Waals surface area contributed by atoms with E-state index in [0.29, 0.717) is 0 Å². The summed E-state index contributed by atoms with van der Waals surface area (Å²) >= 11 is 0. The van der Waals surface area contributed by atoms with Gasteiger partial charge in [0.15, 0.2) is 13.1 Å². The van der Waals surface area contributed by atoms with Gasteiger partial charge in [0.1, 0.15) is 44.3 Å². The van der Waals surface area contributed by atoms with Crippen molar-refractivity contribution in [1.82, 2.24) is 18.5 Å². The van der Waals surface area contributed by atoms with Crippen LogP contribution in [0.2, 0.25) is 0 Å². The van der Waals surface area contributed by atoms with Gasteiger partial charge in [-0.25, -0.2) is 0 Å². The minimum atomic E-state index is 0.819. The lowest BCUT2D eigenvalue weighted by atomic mass is 9.99. The number of hydrogen-bond acceptors (Lipinski definition) is 0. The molecule has 10 aromatic rings. The quantitative estimate of drug-likeness (QED) is 0.126. The highest BCUT2D eigenvalue weighted by Gasteiger charge is 2.27. The SMILES string of the molecule is Cc1cn(Cc2cccc(Cn3cc(CCC[n+]4cc5ccccc5n4Cc4cccc5c4C[n+]4cc6ccccc6n4C5)c4ccccc43)[n+]2C)c2ccccc12. The van der Waals surface area contributed by atoms with Crippen LogP contribution in [0, 0.1) is 6.92 Å². The Morgan fingerprint density at radius 1 is 0.569 bits per heavy atom. The first-order valence-corrected chi connectivity index (χ1v) is 20.7. The summed E-state index contributed by atoms with van der Waals surface area (Å²) in [7, 11) is 2.22. The van der Waals surface area contributed by atoms with E-state index in [1.165, 1.54) is 82.8 Å². The van der Waals surface area contributed by atoms with Gasteiger partial charge in [-0.3, -0.25) is 0 Å². The smallest absolute Gasteiger partial charge is 0.203 e. The first-order chi connectivity index (χ1) is 28.6. The van der Waals surface area contributed by atoms with Crippen molar-refractivity contribution in [3.05, 3.63) is 197 Å². The normalized spacial score (nSPS) is 12.6. The zero-order valence-electron chi connectivity index (χ0n) is 33.3. The second-order valence-corrected chi connectivity index (χ2v) is 16.2. The van der Waals surface area contributed by atoms with Crippen molar-refractivity contribution in [2.45, 2.75) is 59.0 Å². The number of aryl methyl sites for hydroxylation is 3. The van der Waals surface area contributed by atoms with Gasteiger partial charge in [0.25, 0.3) is 0 Å². The van der Waals surface area contributed by atoms with Crippen LogP contribution >= 0.6 is 0 Å². The van der Waals surface area contributed by atoms with E-state index in [0.717, 1.165) is 52.1 Å². The van der Waals surface area contributed by atoms with Crippen LogP contribution < -0.4 is 13.9 Å². The molecule has 0 saturated carbocycles. The molecular weight excluding hydrogens is 711 g/mol. The van der Waals surface area contributed by atoms with Gasteiger partial charge < -0.3 is 9.13 Å². The molecule has 0 fully saturated rings. The Labute approximate surface area is 338 Å². The maximum atomic E-state index is 2.51. The highest BCUT2D eigenvalue weighted by Crippen LogP contribution is 2.27. The van der Waals surface area contributed by atoms with Crippen molar-refractivity contribution in [2.75, 3.05) is 0 Å². The first-order valence-electron chi connectivity index (χ1n) is 20.7. The predicted octanol–water partition coefficient (Wildman–Crippen LogP) is 8.40. The zero-order valence-corrected chi connectivity index (χ0v) is 33.3. The molecule has 1 aliphatic heterocycles. The second-order valence-electron chi connectivity index (χ2n) is 16.2. The van der Waals surface area contributed by atoms with Gasteiger partial charge in [0.2, 0.25) is 23.8 Å².